The van der Waals surface area contributed by atoms with Gasteiger partial charge in [0.1, 0.15) is 0 Å². The van der Waals surface area contributed by atoms with Gasteiger partial charge in [0.15, 0.2) is 0 Å². The highest BCUT2D eigenvalue weighted by molar-refractivity contribution is 5.06. The SMILES string of the molecule is CCCC(CCC(C)C1CCC2C3CCC4CC(O)CCC4C3CCC12C)C(C)C. The second kappa shape index (κ2) is 9.44. The number of hydrogen-bond acceptors (Lipinski definition) is 1. The molecule has 1 N–H and O–H groups in total. The molecule has 0 aliphatic heterocycles. The summed E-state index contributed by atoms with van der Waals surface area (Å²) in [6.45, 7) is 12.6. The molecule has 4 rings (SSSR count). The van der Waals surface area contributed by atoms with Crippen molar-refractivity contribution < 1.29 is 5.11 Å². The van der Waals surface area contributed by atoms with Gasteiger partial charge in [0.2, 0.25) is 0 Å². The topological polar surface area (TPSA) is 20.2 Å². The molecule has 0 spiro atoms. The van der Waals surface area contributed by atoms with Crippen LogP contribution in [0.4, 0.5) is 0 Å². The fraction of sp³-hybridized carbons (Fsp3) is 1.00. The van der Waals surface area contributed by atoms with Gasteiger partial charge in [-0.15, -0.1) is 0 Å². The normalized spacial score (nSPS) is 45.5. The first-order valence-electron chi connectivity index (χ1n) is 14.0. The van der Waals surface area contributed by atoms with Crippen molar-refractivity contribution >= 4 is 0 Å². The van der Waals surface area contributed by atoms with Crippen LogP contribution in [-0.4, -0.2) is 11.2 Å². The molecule has 1 heteroatoms. The smallest absolute Gasteiger partial charge is 0.0543 e. The van der Waals surface area contributed by atoms with Gasteiger partial charge >= 0.3 is 0 Å². The predicted molar refractivity (Wildman–Crippen MR) is 128 cm³/mol. The summed E-state index contributed by atoms with van der Waals surface area (Å²) in [5, 5.41) is 10.2. The van der Waals surface area contributed by atoms with Crippen molar-refractivity contribution in [3.63, 3.8) is 0 Å². The molecule has 10 unspecified atom stereocenters. The molecular formula is C29H52O. The van der Waals surface area contributed by atoms with E-state index in [0.29, 0.717) is 5.41 Å². The fourth-order valence-electron chi connectivity index (χ4n) is 9.66. The number of fused-ring (bicyclic) bond motifs is 5. The van der Waals surface area contributed by atoms with Crippen LogP contribution < -0.4 is 0 Å². The van der Waals surface area contributed by atoms with E-state index in [1.54, 1.807) is 0 Å². The quantitative estimate of drug-likeness (QED) is 0.444. The third-order valence-electron chi connectivity index (χ3n) is 11.3. The van der Waals surface area contributed by atoms with Crippen molar-refractivity contribution in [1.29, 1.82) is 0 Å². The van der Waals surface area contributed by atoms with Crippen LogP contribution in [0.2, 0.25) is 0 Å². The van der Waals surface area contributed by atoms with Crippen molar-refractivity contribution in [2.24, 2.45) is 58.7 Å². The van der Waals surface area contributed by atoms with Crippen molar-refractivity contribution in [3.8, 4) is 0 Å². The Morgan fingerprint density at radius 3 is 2.33 bits per heavy atom. The summed E-state index contributed by atoms with van der Waals surface area (Å²) in [5.41, 5.74) is 0.625. The molecule has 0 bridgehead atoms. The second-order valence-corrected chi connectivity index (χ2v) is 13.0. The molecule has 0 aromatic rings. The maximum atomic E-state index is 10.2. The third-order valence-corrected chi connectivity index (χ3v) is 11.3. The van der Waals surface area contributed by atoms with Crippen molar-refractivity contribution in [2.45, 2.75) is 124 Å². The Kier molecular flexibility index (Phi) is 7.28. The number of aliphatic hydroxyl groups excluding tert-OH is 1. The standard InChI is InChI=1S/C29H52O/c1-6-7-21(19(2)3)9-8-20(4)27-14-15-28-26-12-10-22-18-23(30)11-13-24(22)25(26)16-17-29(27,28)5/h19-28,30H,6-18H2,1-5H3. The minimum atomic E-state index is 0.00994. The Labute approximate surface area is 188 Å². The Bertz CT molecular complexity index is 555. The van der Waals surface area contributed by atoms with E-state index >= 15 is 0 Å². The predicted octanol–water partition coefficient (Wildman–Crippen LogP) is 8.10. The molecular weight excluding hydrogens is 364 g/mol. The second-order valence-electron chi connectivity index (χ2n) is 13.0. The van der Waals surface area contributed by atoms with Gasteiger partial charge in [-0.3, -0.25) is 0 Å². The molecule has 10 atom stereocenters. The van der Waals surface area contributed by atoms with Gasteiger partial charge in [-0.1, -0.05) is 53.9 Å². The number of rotatable bonds is 7. The lowest BCUT2D eigenvalue weighted by Crippen LogP contribution is -2.49. The summed E-state index contributed by atoms with van der Waals surface area (Å²) in [6, 6.07) is 0. The third kappa shape index (κ3) is 4.27. The average Bonchev–Trinajstić information content (AvgIpc) is 3.07. The van der Waals surface area contributed by atoms with E-state index < -0.39 is 0 Å². The van der Waals surface area contributed by atoms with E-state index in [1.165, 1.54) is 70.6 Å². The maximum absolute atomic E-state index is 10.2. The summed E-state index contributed by atoms with van der Waals surface area (Å²) in [7, 11) is 0. The Morgan fingerprint density at radius 2 is 1.60 bits per heavy atom. The van der Waals surface area contributed by atoms with Crippen molar-refractivity contribution in [3.05, 3.63) is 0 Å². The van der Waals surface area contributed by atoms with E-state index in [9.17, 15) is 5.11 Å². The van der Waals surface area contributed by atoms with Crippen LogP contribution in [0.5, 0.6) is 0 Å². The molecule has 174 valence electrons. The van der Waals surface area contributed by atoms with Crippen LogP contribution in [0, 0.1) is 58.7 Å². The molecule has 0 saturated heterocycles. The fourth-order valence-corrected chi connectivity index (χ4v) is 9.66. The van der Waals surface area contributed by atoms with Crippen LogP contribution in [0.15, 0.2) is 0 Å². The Balaban J connectivity index is 1.40. The Hall–Kier alpha value is -0.0400. The average molecular weight is 417 g/mol. The molecule has 4 saturated carbocycles. The Morgan fingerprint density at radius 1 is 0.833 bits per heavy atom. The monoisotopic (exact) mass is 416 g/mol. The summed E-state index contributed by atoms with van der Waals surface area (Å²) in [4.78, 5) is 0. The van der Waals surface area contributed by atoms with Gasteiger partial charge in [-0.25, -0.2) is 0 Å². The summed E-state index contributed by atoms with van der Waals surface area (Å²) >= 11 is 0. The largest absolute Gasteiger partial charge is 0.393 e. The lowest BCUT2D eigenvalue weighted by molar-refractivity contribution is -0.0823. The van der Waals surface area contributed by atoms with Crippen molar-refractivity contribution in [2.75, 3.05) is 0 Å². The zero-order valence-corrected chi connectivity index (χ0v) is 20.9. The number of aliphatic hydroxyl groups is 1. The molecule has 4 aliphatic rings. The van der Waals surface area contributed by atoms with Gasteiger partial charge in [0.25, 0.3) is 0 Å². The van der Waals surface area contributed by atoms with Gasteiger partial charge in [-0.2, -0.15) is 0 Å². The first-order valence-corrected chi connectivity index (χ1v) is 14.0. The highest BCUT2D eigenvalue weighted by Crippen LogP contribution is 2.65. The first kappa shape index (κ1) is 23.1. The molecule has 4 aliphatic carbocycles. The first-order chi connectivity index (χ1) is 14.3. The van der Waals surface area contributed by atoms with Crippen LogP contribution in [0.3, 0.4) is 0 Å². The minimum Gasteiger partial charge on any atom is -0.393 e. The van der Waals surface area contributed by atoms with E-state index in [4.69, 9.17) is 0 Å². The van der Waals surface area contributed by atoms with Gasteiger partial charge < -0.3 is 5.11 Å². The summed E-state index contributed by atoms with van der Waals surface area (Å²) in [6.07, 6.45) is 18.2. The lowest BCUT2D eigenvalue weighted by atomic mass is 9.49. The molecule has 0 aromatic heterocycles. The molecule has 1 nitrogen and oxygen atoms in total. The van der Waals surface area contributed by atoms with Gasteiger partial charge in [0, 0.05) is 0 Å². The maximum Gasteiger partial charge on any atom is 0.0543 e. The van der Waals surface area contributed by atoms with E-state index in [0.717, 1.165) is 66.1 Å². The van der Waals surface area contributed by atoms with Gasteiger partial charge in [0.05, 0.1) is 6.10 Å². The highest BCUT2D eigenvalue weighted by atomic mass is 16.3. The van der Waals surface area contributed by atoms with E-state index in [-0.39, 0.29) is 6.10 Å². The van der Waals surface area contributed by atoms with Crippen LogP contribution in [0.1, 0.15) is 118 Å². The van der Waals surface area contributed by atoms with Gasteiger partial charge in [-0.05, 0) is 123 Å². The van der Waals surface area contributed by atoms with Crippen LogP contribution in [-0.2, 0) is 0 Å². The molecule has 0 aromatic carbocycles. The van der Waals surface area contributed by atoms with Crippen LogP contribution in [0.25, 0.3) is 0 Å². The van der Waals surface area contributed by atoms with E-state index in [2.05, 4.69) is 34.6 Å². The van der Waals surface area contributed by atoms with E-state index in [1.807, 2.05) is 0 Å². The molecule has 0 amide bonds. The van der Waals surface area contributed by atoms with Crippen molar-refractivity contribution in [1.82, 2.24) is 0 Å². The molecule has 0 heterocycles. The summed E-state index contributed by atoms with van der Waals surface area (Å²) in [5.74, 6) is 8.50. The lowest BCUT2D eigenvalue weighted by Gasteiger charge is -2.56. The number of hydrogen-bond donors (Lipinski definition) is 1. The molecule has 30 heavy (non-hydrogen) atoms. The zero-order valence-electron chi connectivity index (χ0n) is 20.9. The summed E-state index contributed by atoms with van der Waals surface area (Å²) < 4.78 is 0. The minimum absolute atomic E-state index is 0.00994. The highest BCUT2D eigenvalue weighted by Gasteiger charge is 2.57. The molecule has 4 fully saturated rings. The zero-order chi connectivity index (χ0) is 21.5. The van der Waals surface area contributed by atoms with Crippen LogP contribution >= 0.6 is 0 Å². The molecule has 0 radical (unpaired) electrons.